The van der Waals surface area contributed by atoms with Crippen molar-refractivity contribution in [1.29, 1.82) is 0 Å². The molecule has 4 aromatic carbocycles. The van der Waals surface area contributed by atoms with Crippen LogP contribution >= 0.6 is 68.5 Å². The van der Waals surface area contributed by atoms with Gasteiger partial charge >= 0.3 is 24.1 Å². The van der Waals surface area contributed by atoms with Gasteiger partial charge in [-0.1, -0.05) is 65.7 Å². The van der Waals surface area contributed by atoms with Crippen LogP contribution in [0.4, 0.5) is 50.7 Å². The van der Waals surface area contributed by atoms with Crippen LogP contribution in [0.1, 0.15) is 83.9 Å². The Labute approximate surface area is 620 Å². The molecule has 0 spiro atoms. The first-order chi connectivity index (χ1) is 49.7. The summed E-state index contributed by atoms with van der Waals surface area (Å²) >= 11 is 18.4. The summed E-state index contributed by atoms with van der Waals surface area (Å²) in [5.74, 6) is -0.794. The van der Waals surface area contributed by atoms with Crippen molar-refractivity contribution in [3.05, 3.63) is 233 Å². The molecule has 4 atom stereocenters. The standard InChI is InChI=1S/C19H19ClN4OS.C19H19FN4OS.C19H20N4OS.C18H16ClFN4OS/c1-12-9-16-15(18(22-21-16)17-7-4-8-26-17)11-24(12)19(25)23(2)14-6-3-5-13(20)10-14;1-11-8-13(5-6-15(11)20)21-19(25)24-10-14-16(9-12(24)2)22-23-18(14)17-4-3-7-26-17;1-12-5-3-6-14(9-12)20-19(24)23-11-15-16(10-13(23)2)21-22-18(15)17-7-4-8-25-17;1-10-7-15-12(17(23-22-15)16-3-2-6-26-16)9-24(10)18(25)21-11-4-5-14(20)13(19)8-11/h3-8,10,12H,9,11H2,1-2H3,(H,21,22);3-8,12H,9-10H2,1-2H3,(H,21,25)(H,22,23);3-9,13H,10-11H2,1-2H3,(H,20,24)(H,21,22);2-6,8,10H,7,9H2,1H3,(H,21,25)(H,22,23). The van der Waals surface area contributed by atoms with E-state index < -0.39 is 5.82 Å². The number of halogens is 4. The van der Waals surface area contributed by atoms with E-state index in [1.54, 1.807) is 98.3 Å². The smallest absolute Gasteiger partial charge is 0.317 e. The molecule has 8 amide bonds. The van der Waals surface area contributed by atoms with Crippen molar-refractivity contribution in [2.75, 3.05) is 27.9 Å². The van der Waals surface area contributed by atoms with Gasteiger partial charge in [0.05, 0.1) is 50.7 Å². The maximum atomic E-state index is 13.4. The van der Waals surface area contributed by atoms with Crippen molar-refractivity contribution in [2.45, 2.75) is 118 Å². The van der Waals surface area contributed by atoms with Crippen molar-refractivity contribution in [1.82, 2.24) is 60.4 Å². The molecule has 12 heterocycles. The lowest BCUT2D eigenvalue weighted by molar-refractivity contribution is 0.176. The summed E-state index contributed by atoms with van der Waals surface area (Å²) in [6.45, 7) is 13.9. The van der Waals surface area contributed by atoms with Gasteiger partial charge < -0.3 is 35.6 Å². The van der Waals surface area contributed by atoms with Gasteiger partial charge in [0.1, 0.15) is 34.4 Å². The molecule has 0 saturated carbocycles. The van der Waals surface area contributed by atoms with E-state index in [0.29, 0.717) is 54.6 Å². The van der Waals surface area contributed by atoms with Crippen LogP contribution in [0.15, 0.2) is 155 Å². The third-order valence-electron chi connectivity index (χ3n) is 18.6. The minimum absolute atomic E-state index is 0.00931. The Hall–Kier alpha value is -9.96. The second-order valence-electron chi connectivity index (χ2n) is 25.8. The minimum Gasteiger partial charge on any atom is -0.317 e. The third-order valence-corrected chi connectivity index (χ3v) is 22.7. The molecule has 4 unspecified atom stereocenters. The Morgan fingerprint density at radius 1 is 0.456 bits per heavy atom. The van der Waals surface area contributed by atoms with Gasteiger partial charge in [-0.2, -0.15) is 20.4 Å². The number of H-pyrrole nitrogens is 4. The fourth-order valence-electron chi connectivity index (χ4n) is 13.0. The molecule has 0 aliphatic carbocycles. The number of rotatable bonds is 8. The zero-order chi connectivity index (χ0) is 72.2. The quantitative estimate of drug-likeness (QED) is 0.0771. The fourth-order valence-corrected chi connectivity index (χ4v) is 16.4. The highest BCUT2D eigenvalue weighted by molar-refractivity contribution is 7.14. The van der Waals surface area contributed by atoms with Gasteiger partial charge in [0, 0.05) is 130 Å². The molecular weight excluding hydrogens is 1430 g/mol. The molecule has 12 aromatic rings. The summed E-state index contributed by atoms with van der Waals surface area (Å²) in [5, 5.41) is 47.8. The van der Waals surface area contributed by atoms with Gasteiger partial charge in [-0.3, -0.25) is 25.3 Å². The molecule has 28 heteroatoms. The van der Waals surface area contributed by atoms with Gasteiger partial charge in [0.25, 0.3) is 0 Å². The van der Waals surface area contributed by atoms with Crippen molar-refractivity contribution < 1.29 is 28.0 Å². The SMILES string of the molecule is CC1Cc2[nH]nc(-c3cccs3)c2CN1C(=O)N(C)c1cccc(Cl)c1.CC1Cc2[nH]nc(-c3cccs3)c2CN1C(=O)Nc1ccc(F)c(Cl)c1.Cc1cc(NC(=O)N2Cc3c(-c4cccs4)n[nH]c3CC2C)ccc1F.Cc1cccc(NC(=O)N2Cc3c(-c4cccs4)n[nH]c3CC2C)c1. The van der Waals surface area contributed by atoms with Gasteiger partial charge in [0.15, 0.2) is 0 Å². The number of carbonyl (C=O) groups excluding carboxylic acids is 4. The second kappa shape index (κ2) is 31.3. The van der Waals surface area contributed by atoms with Crippen LogP contribution in [-0.2, 0) is 51.9 Å². The molecule has 7 N–H and O–H groups in total. The first kappa shape index (κ1) is 71.4. The highest BCUT2D eigenvalue weighted by Gasteiger charge is 2.36. The number of carbonyl (C=O) groups is 4. The summed E-state index contributed by atoms with van der Waals surface area (Å²) in [7, 11) is 1.78. The van der Waals surface area contributed by atoms with Gasteiger partial charge in [-0.15, -0.1) is 45.3 Å². The largest absolute Gasteiger partial charge is 0.324 e. The number of aryl methyl sites for hydroxylation is 2. The first-order valence-corrected chi connectivity index (χ1v) is 37.7. The van der Waals surface area contributed by atoms with E-state index in [-0.39, 0.29) is 59.1 Å². The van der Waals surface area contributed by atoms with Crippen molar-refractivity contribution in [3.8, 4) is 42.3 Å². The van der Waals surface area contributed by atoms with Crippen LogP contribution in [-0.4, -0.2) is 116 Å². The molecular formula is C75H74Cl2F2N16O4S4. The molecule has 0 bridgehead atoms. The number of aromatic amines is 4. The average molecular weight is 1500 g/mol. The molecule has 4 aliphatic rings. The monoisotopic (exact) mass is 1500 g/mol. The fraction of sp³-hybridized carbons (Fsp3) is 0.253. The lowest BCUT2D eigenvalue weighted by atomic mass is 9.99. The predicted molar refractivity (Wildman–Crippen MR) is 408 cm³/mol. The van der Waals surface area contributed by atoms with Crippen LogP contribution in [0.5, 0.6) is 0 Å². The summed E-state index contributed by atoms with van der Waals surface area (Å²) in [6.07, 6.45) is 2.98. The number of anilines is 4. The van der Waals surface area contributed by atoms with Crippen LogP contribution in [0.25, 0.3) is 42.3 Å². The molecule has 8 aromatic heterocycles. The number of hydrogen-bond acceptors (Lipinski definition) is 12. The number of fused-ring (bicyclic) bond motifs is 4. The normalized spacial score (nSPS) is 16.5. The number of benzene rings is 4. The Bertz CT molecular complexity index is 4820. The van der Waals surface area contributed by atoms with Crippen molar-refractivity contribution in [3.63, 3.8) is 0 Å². The third kappa shape index (κ3) is 16.0. The summed E-state index contributed by atoms with van der Waals surface area (Å²) < 4.78 is 26.7. The van der Waals surface area contributed by atoms with E-state index in [1.807, 2.05) is 125 Å². The van der Waals surface area contributed by atoms with Gasteiger partial charge in [-0.05, 0) is 165 Å². The van der Waals surface area contributed by atoms with Crippen LogP contribution in [0, 0.1) is 25.5 Å². The average Bonchev–Trinajstić information content (AvgIpc) is 1.71. The highest BCUT2D eigenvalue weighted by Crippen LogP contribution is 2.39. The molecule has 0 radical (unpaired) electrons. The Morgan fingerprint density at radius 3 is 1.19 bits per heavy atom. The Kier molecular flexibility index (Phi) is 21.7. The Balaban J connectivity index is 0.000000122. The first-order valence-electron chi connectivity index (χ1n) is 33.4. The number of nitrogens with zero attached hydrogens (tertiary/aromatic N) is 9. The molecule has 0 saturated heterocycles. The van der Waals surface area contributed by atoms with Crippen LogP contribution in [0.3, 0.4) is 0 Å². The molecule has 530 valence electrons. The summed E-state index contributed by atoms with van der Waals surface area (Å²) in [4.78, 5) is 64.9. The molecule has 4 aliphatic heterocycles. The zero-order valence-corrected chi connectivity index (χ0v) is 62.1. The highest BCUT2D eigenvalue weighted by atomic mass is 35.5. The van der Waals surface area contributed by atoms with Gasteiger partial charge in [0.2, 0.25) is 0 Å². The topological polar surface area (TPSA) is 235 Å². The number of hydrogen-bond donors (Lipinski definition) is 7. The predicted octanol–water partition coefficient (Wildman–Crippen LogP) is 18.7. The number of amides is 8. The van der Waals surface area contributed by atoms with Crippen molar-refractivity contribution in [2.24, 2.45) is 0 Å². The summed E-state index contributed by atoms with van der Waals surface area (Å²) in [5.41, 5.74) is 16.8. The lowest BCUT2D eigenvalue weighted by Gasteiger charge is -2.36. The zero-order valence-electron chi connectivity index (χ0n) is 57.3. The van der Waals surface area contributed by atoms with Crippen LogP contribution < -0.4 is 20.9 Å². The molecule has 16 rings (SSSR count). The summed E-state index contributed by atoms with van der Waals surface area (Å²) in [6, 6.07) is 39.8. The molecule has 20 nitrogen and oxygen atoms in total. The van der Waals surface area contributed by atoms with E-state index in [2.05, 4.69) is 82.7 Å². The lowest BCUT2D eigenvalue weighted by Crippen LogP contribution is -2.48. The molecule has 0 fully saturated rings. The second-order valence-corrected chi connectivity index (χ2v) is 30.5. The maximum absolute atomic E-state index is 13.4. The van der Waals surface area contributed by atoms with E-state index in [0.717, 1.165) is 124 Å². The van der Waals surface area contributed by atoms with Gasteiger partial charge in [-0.25, -0.2) is 28.0 Å². The van der Waals surface area contributed by atoms with Crippen molar-refractivity contribution >= 4 is 115 Å². The minimum atomic E-state index is -0.514. The Morgan fingerprint density at radius 2 is 0.825 bits per heavy atom. The van der Waals surface area contributed by atoms with E-state index in [4.69, 9.17) is 23.2 Å². The number of nitrogens with one attached hydrogen (secondary N) is 7. The number of urea groups is 4. The number of aromatic nitrogens is 8. The van der Waals surface area contributed by atoms with E-state index in [1.165, 1.54) is 24.3 Å². The van der Waals surface area contributed by atoms with E-state index in [9.17, 15) is 28.0 Å². The maximum Gasteiger partial charge on any atom is 0.324 e. The molecule has 103 heavy (non-hydrogen) atoms. The van der Waals surface area contributed by atoms with Crippen LogP contribution in [0.2, 0.25) is 10.0 Å². The number of thiophene rings is 4. The van der Waals surface area contributed by atoms with E-state index >= 15 is 0 Å².